The van der Waals surface area contributed by atoms with Gasteiger partial charge < -0.3 is 10.2 Å². The third-order valence-electron chi connectivity index (χ3n) is 3.92. The number of H-pyrrole nitrogens is 1. The van der Waals surface area contributed by atoms with Crippen molar-refractivity contribution in [3.05, 3.63) is 47.3 Å². The van der Waals surface area contributed by atoms with Crippen molar-refractivity contribution in [1.82, 2.24) is 15.5 Å². The number of rotatable bonds is 7. The zero-order valence-corrected chi connectivity index (χ0v) is 13.5. The normalized spacial score (nSPS) is 12.4. The number of aryl methyl sites for hydroxylation is 2. The van der Waals surface area contributed by atoms with Crippen LogP contribution in [0.4, 0.5) is 5.69 Å². The molecule has 1 aromatic carbocycles. The van der Waals surface area contributed by atoms with E-state index in [0.717, 1.165) is 19.4 Å². The second-order valence-corrected chi connectivity index (χ2v) is 5.79. The van der Waals surface area contributed by atoms with E-state index in [0.29, 0.717) is 6.04 Å². The molecule has 0 saturated heterocycles. The summed E-state index contributed by atoms with van der Waals surface area (Å²) in [5.41, 5.74) is 5.07. The molecule has 0 aliphatic heterocycles. The van der Waals surface area contributed by atoms with Gasteiger partial charge in [0, 0.05) is 31.5 Å². The topological polar surface area (TPSA) is 44.0 Å². The molecule has 2 aromatic rings. The van der Waals surface area contributed by atoms with Gasteiger partial charge in [0.1, 0.15) is 0 Å². The number of hydrogen-bond donors (Lipinski definition) is 2. The number of nitrogens with one attached hydrogen (secondary N) is 2. The predicted molar refractivity (Wildman–Crippen MR) is 88.8 cm³/mol. The van der Waals surface area contributed by atoms with Gasteiger partial charge in [0.15, 0.2) is 0 Å². The minimum absolute atomic E-state index is 0.381. The standard InChI is InChI=1S/C17H26N4/c1-13(15-7-9-17(10-8-15)21(3)4)18-11-5-6-16-12-19-20-14(16)2/h7-10,12-13,18H,5-6,11H2,1-4H3,(H,19,20). The van der Waals surface area contributed by atoms with Gasteiger partial charge in [-0.3, -0.25) is 5.10 Å². The molecule has 4 heteroatoms. The van der Waals surface area contributed by atoms with Crippen LogP contribution in [0.3, 0.4) is 0 Å². The maximum atomic E-state index is 4.06. The highest BCUT2D eigenvalue weighted by Gasteiger charge is 2.05. The summed E-state index contributed by atoms with van der Waals surface area (Å²) in [6, 6.07) is 9.12. The highest BCUT2D eigenvalue weighted by molar-refractivity contribution is 5.46. The first-order valence-electron chi connectivity index (χ1n) is 7.57. The second kappa shape index (κ2) is 7.27. The minimum Gasteiger partial charge on any atom is -0.378 e. The van der Waals surface area contributed by atoms with Crippen LogP contribution in [0, 0.1) is 6.92 Å². The van der Waals surface area contributed by atoms with Crippen molar-refractivity contribution < 1.29 is 0 Å². The van der Waals surface area contributed by atoms with Gasteiger partial charge >= 0.3 is 0 Å². The van der Waals surface area contributed by atoms with E-state index in [9.17, 15) is 0 Å². The van der Waals surface area contributed by atoms with Gasteiger partial charge in [0.25, 0.3) is 0 Å². The number of benzene rings is 1. The van der Waals surface area contributed by atoms with Crippen LogP contribution in [0.2, 0.25) is 0 Å². The smallest absolute Gasteiger partial charge is 0.0522 e. The zero-order valence-electron chi connectivity index (χ0n) is 13.5. The molecular formula is C17H26N4. The lowest BCUT2D eigenvalue weighted by molar-refractivity contribution is 0.558. The van der Waals surface area contributed by atoms with E-state index < -0.39 is 0 Å². The minimum atomic E-state index is 0.381. The average Bonchev–Trinajstić information content (AvgIpc) is 2.89. The molecule has 1 heterocycles. The molecule has 0 aliphatic rings. The third kappa shape index (κ3) is 4.33. The first kappa shape index (κ1) is 15.6. The van der Waals surface area contributed by atoms with E-state index in [1.54, 1.807) is 0 Å². The fourth-order valence-electron chi connectivity index (χ4n) is 2.40. The van der Waals surface area contributed by atoms with Crippen molar-refractivity contribution in [1.29, 1.82) is 0 Å². The van der Waals surface area contributed by atoms with Crippen molar-refractivity contribution in [2.24, 2.45) is 0 Å². The summed E-state index contributed by atoms with van der Waals surface area (Å²) >= 11 is 0. The molecular weight excluding hydrogens is 260 g/mol. The molecule has 1 aromatic heterocycles. The summed E-state index contributed by atoms with van der Waals surface area (Å²) in [4.78, 5) is 2.12. The predicted octanol–water partition coefficient (Wildman–Crippen LogP) is 3.07. The molecule has 21 heavy (non-hydrogen) atoms. The number of hydrogen-bond acceptors (Lipinski definition) is 3. The van der Waals surface area contributed by atoms with Gasteiger partial charge in [-0.2, -0.15) is 5.10 Å². The Morgan fingerprint density at radius 2 is 1.95 bits per heavy atom. The van der Waals surface area contributed by atoms with Gasteiger partial charge in [-0.05, 0) is 56.5 Å². The Hall–Kier alpha value is -1.81. The molecule has 0 aliphatic carbocycles. The van der Waals surface area contributed by atoms with Crippen molar-refractivity contribution in [2.75, 3.05) is 25.5 Å². The lowest BCUT2D eigenvalue weighted by Crippen LogP contribution is -2.20. The molecule has 0 radical (unpaired) electrons. The van der Waals surface area contributed by atoms with Gasteiger partial charge in [-0.1, -0.05) is 12.1 Å². The molecule has 0 amide bonds. The van der Waals surface area contributed by atoms with Crippen LogP contribution in [-0.2, 0) is 6.42 Å². The molecule has 0 saturated carbocycles. The molecule has 0 spiro atoms. The van der Waals surface area contributed by atoms with Crippen molar-refractivity contribution in [3.8, 4) is 0 Å². The molecule has 4 nitrogen and oxygen atoms in total. The Morgan fingerprint density at radius 3 is 2.52 bits per heavy atom. The largest absolute Gasteiger partial charge is 0.378 e. The van der Waals surface area contributed by atoms with Crippen molar-refractivity contribution >= 4 is 5.69 Å². The SMILES string of the molecule is Cc1[nH]ncc1CCCNC(C)c1ccc(N(C)C)cc1. The maximum Gasteiger partial charge on any atom is 0.0522 e. The van der Waals surface area contributed by atoms with E-state index >= 15 is 0 Å². The lowest BCUT2D eigenvalue weighted by Gasteiger charge is -2.17. The Bertz CT molecular complexity index is 542. The van der Waals surface area contributed by atoms with E-state index in [-0.39, 0.29) is 0 Å². The molecule has 1 atom stereocenters. The average molecular weight is 286 g/mol. The number of aromatic amines is 1. The number of aromatic nitrogens is 2. The van der Waals surface area contributed by atoms with Crippen LogP contribution in [0.1, 0.15) is 36.2 Å². The molecule has 0 bridgehead atoms. The van der Waals surface area contributed by atoms with E-state index in [1.165, 1.54) is 22.5 Å². The first-order valence-corrected chi connectivity index (χ1v) is 7.57. The lowest BCUT2D eigenvalue weighted by atomic mass is 10.1. The Kier molecular flexibility index (Phi) is 5.39. The maximum absolute atomic E-state index is 4.06. The Balaban J connectivity index is 1.76. The van der Waals surface area contributed by atoms with Crippen molar-refractivity contribution in [3.63, 3.8) is 0 Å². The molecule has 2 rings (SSSR count). The summed E-state index contributed by atoms with van der Waals surface area (Å²) in [6.45, 7) is 5.31. The van der Waals surface area contributed by atoms with Gasteiger partial charge in [-0.15, -0.1) is 0 Å². The monoisotopic (exact) mass is 286 g/mol. The summed E-state index contributed by atoms with van der Waals surface area (Å²) < 4.78 is 0. The summed E-state index contributed by atoms with van der Waals surface area (Å²) in [5.74, 6) is 0. The van der Waals surface area contributed by atoms with Crippen LogP contribution in [0.15, 0.2) is 30.5 Å². The molecule has 1 unspecified atom stereocenters. The first-order chi connectivity index (χ1) is 10.1. The van der Waals surface area contributed by atoms with Gasteiger partial charge in [-0.25, -0.2) is 0 Å². The molecule has 0 fully saturated rings. The third-order valence-corrected chi connectivity index (χ3v) is 3.92. The second-order valence-electron chi connectivity index (χ2n) is 5.79. The van der Waals surface area contributed by atoms with E-state index in [2.05, 4.69) is 72.6 Å². The van der Waals surface area contributed by atoms with Crippen LogP contribution < -0.4 is 10.2 Å². The zero-order chi connectivity index (χ0) is 15.2. The molecule has 2 N–H and O–H groups in total. The number of anilines is 1. The van der Waals surface area contributed by atoms with Gasteiger partial charge in [0.05, 0.1) is 6.20 Å². The summed E-state index contributed by atoms with van der Waals surface area (Å²) in [6.07, 6.45) is 4.13. The summed E-state index contributed by atoms with van der Waals surface area (Å²) in [5, 5.41) is 10.6. The Morgan fingerprint density at radius 1 is 1.24 bits per heavy atom. The quantitative estimate of drug-likeness (QED) is 0.769. The highest BCUT2D eigenvalue weighted by atomic mass is 15.1. The van der Waals surface area contributed by atoms with Crippen LogP contribution in [-0.4, -0.2) is 30.8 Å². The van der Waals surface area contributed by atoms with E-state index in [1.807, 2.05) is 6.20 Å². The fraction of sp³-hybridized carbons (Fsp3) is 0.471. The summed E-state index contributed by atoms with van der Waals surface area (Å²) in [7, 11) is 4.13. The van der Waals surface area contributed by atoms with Crippen LogP contribution in [0.25, 0.3) is 0 Å². The van der Waals surface area contributed by atoms with Crippen molar-refractivity contribution in [2.45, 2.75) is 32.7 Å². The van der Waals surface area contributed by atoms with Crippen LogP contribution in [0.5, 0.6) is 0 Å². The highest BCUT2D eigenvalue weighted by Crippen LogP contribution is 2.17. The number of nitrogens with zero attached hydrogens (tertiary/aromatic N) is 2. The van der Waals surface area contributed by atoms with Gasteiger partial charge in [0.2, 0.25) is 0 Å². The van der Waals surface area contributed by atoms with Crippen LogP contribution >= 0.6 is 0 Å². The Labute approximate surface area is 127 Å². The molecule has 114 valence electrons. The van der Waals surface area contributed by atoms with E-state index in [4.69, 9.17) is 0 Å². The fourth-order valence-corrected chi connectivity index (χ4v) is 2.40.